The standard InChI is InChI=1S/C19H19FN4O4/c1-2-28-19(27)14-9-21-24-6-5-17(22-18(14)24)23-10-12(25)8-15(23)13-7-11(20)3-4-16(13)26/h3-7,9,12,15,25-26H,2,8,10H2,1H3. The third-order valence-corrected chi connectivity index (χ3v) is 4.77. The Labute approximate surface area is 159 Å². The second kappa shape index (κ2) is 7.08. The van der Waals surface area contributed by atoms with Crippen LogP contribution in [0.25, 0.3) is 5.65 Å². The van der Waals surface area contributed by atoms with Crippen LogP contribution in [0.3, 0.4) is 0 Å². The van der Waals surface area contributed by atoms with E-state index in [0.717, 1.165) is 0 Å². The number of anilines is 1. The molecule has 0 bridgehead atoms. The van der Waals surface area contributed by atoms with Gasteiger partial charge in [0.1, 0.15) is 22.9 Å². The van der Waals surface area contributed by atoms with E-state index in [4.69, 9.17) is 4.74 Å². The molecule has 0 radical (unpaired) electrons. The number of aromatic nitrogens is 3. The Bertz CT molecular complexity index is 1040. The Morgan fingerprint density at radius 1 is 1.39 bits per heavy atom. The van der Waals surface area contributed by atoms with Crippen LogP contribution in [0.2, 0.25) is 0 Å². The number of carbonyl (C=O) groups is 1. The number of β-amino-alcohol motifs (C(OH)–C–C–N with tert-alkyl or cyclic N) is 1. The molecule has 1 aromatic carbocycles. The van der Waals surface area contributed by atoms with Crippen molar-refractivity contribution in [3.63, 3.8) is 0 Å². The van der Waals surface area contributed by atoms with E-state index in [2.05, 4.69) is 10.1 Å². The van der Waals surface area contributed by atoms with Crippen molar-refractivity contribution in [1.29, 1.82) is 0 Å². The number of rotatable bonds is 4. The van der Waals surface area contributed by atoms with Crippen LogP contribution >= 0.6 is 0 Å². The molecular weight excluding hydrogens is 367 g/mol. The zero-order chi connectivity index (χ0) is 19.8. The fourth-order valence-corrected chi connectivity index (χ4v) is 3.53. The Morgan fingerprint density at radius 3 is 3.00 bits per heavy atom. The summed E-state index contributed by atoms with van der Waals surface area (Å²) in [5.41, 5.74) is 0.922. The summed E-state index contributed by atoms with van der Waals surface area (Å²) in [6, 6.07) is 4.95. The predicted molar refractivity (Wildman–Crippen MR) is 97.7 cm³/mol. The Morgan fingerprint density at radius 2 is 2.21 bits per heavy atom. The number of phenolic OH excluding ortho intramolecular Hbond substituents is 1. The van der Waals surface area contributed by atoms with Crippen molar-refractivity contribution in [1.82, 2.24) is 14.6 Å². The monoisotopic (exact) mass is 386 g/mol. The molecule has 8 nitrogen and oxygen atoms in total. The minimum atomic E-state index is -0.667. The van der Waals surface area contributed by atoms with Gasteiger partial charge in [-0.15, -0.1) is 0 Å². The number of nitrogens with zero attached hydrogens (tertiary/aromatic N) is 4. The van der Waals surface area contributed by atoms with Crippen LogP contribution in [-0.2, 0) is 4.74 Å². The predicted octanol–water partition coefficient (Wildman–Crippen LogP) is 2.06. The summed E-state index contributed by atoms with van der Waals surface area (Å²) in [6.45, 7) is 2.20. The first-order valence-electron chi connectivity index (χ1n) is 8.92. The average Bonchev–Trinajstić information content (AvgIpc) is 3.26. The molecule has 2 N–H and O–H groups in total. The molecule has 0 saturated carbocycles. The summed E-state index contributed by atoms with van der Waals surface area (Å²) < 4.78 is 20.2. The highest BCUT2D eigenvalue weighted by Crippen LogP contribution is 2.39. The van der Waals surface area contributed by atoms with E-state index in [1.165, 1.54) is 28.9 Å². The number of aliphatic hydroxyl groups is 1. The van der Waals surface area contributed by atoms with Crippen LogP contribution in [0.15, 0.2) is 36.7 Å². The van der Waals surface area contributed by atoms with Crippen LogP contribution in [0, 0.1) is 5.82 Å². The van der Waals surface area contributed by atoms with Gasteiger partial charge < -0.3 is 19.8 Å². The number of hydrogen-bond acceptors (Lipinski definition) is 7. The van der Waals surface area contributed by atoms with Crippen LogP contribution in [0.4, 0.5) is 10.2 Å². The van der Waals surface area contributed by atoms with E-state index in [1.54, 1.807) is 24.1 Å². The van der Waals surface area contributed by atoms with Crippen molar-refractivity contribution in [2.45, 2.75) is 25.5 Å². The molecule has 1 aliphatic rings. The SMILES string of the molecule is CCOC(=O)c1cnn2ccc(N3CC(O)CC3c3cc(F)ccc3O)nc12. The highest BCUT2D eigenvalue weighted by atomic mass is 19.1. The van der Waals surface area contributed by atoms with Gasteiger partial charge in [-0.1, -0.05) is 0 Å². The van der Waals surface area contributed by atoms with E-state index < -0.39 is 23.9 Å². The molecule has 1 saturated heterocycles. The molecule has 0 amide bonds. The maximum Gasteiger partial charge on any atom is 0.343 e. The van der Waals surface area contributed by atoms with Gasteiger partial charge in [0, 0.05) is 18.3 Å². The van der Waals surface area contributed by atoms with Crippen molar-refractivity contribution in [3.05, 3.63) is 53.6 Å². The van der Waals surface area contributed by atoms with Crippen LogP contribution in [0.1, 0.15) is 35.3 Å². The van der Waals surface area contributed by atoms with E-state index in [0.29, 0.717) is 23.4 Å². The molecule has 0 aliphatic carbocycles. The smallest absolute Gasteiger partial charge is 0.343 e. The lowest BCUT2D eigenvalue weighted by molar-refractivity contribution is 0.0528. The van der Waals surface area contributed by atoms with Gasteiger partial charge in [-0.05, 0) is 37.6 Å². The minimum Gasteiger partial charge on any atom is -0.508 e. The van der Waals surface area contributed by atoms with E-state index in [9.17, 15) is 19.4 Å². The number of fused-ring (bicyclic) bond motifs is 1. The van der Waals surface area contributed by atoms with Crippen molar-refractivity contribution < 1.29 is 24.1 Å². The third kappa shape index (κ3) is 3.13. The Kier molecular flexibility index (Phi) is 4.60. The molecule has 9 heteroatoms. The number of halogens is 1. The lowest BCUT2D eigenvalue weighted by atomic mass is 10.0. The number of aromatic hydroxyl groups is 1. The molecule has 1 aliphatic heterocycles. The van der Waals surface area contributed by atoms with E-state index >= 15 is 0 Å². The van der Waals surface area contributed by atoms with Gasteiger partial charge in [0.15, 0.2) is 5.65 Å². The first-order chi connectivity index (χ1) is 13.5. The summed E-state index contributed by atoms with van der Waals surface area (Å²) >= 11 is 0. The molecule has 2 unspecified atom stereocenters. The van der Waals surface area contributed by atoms with Crippen LogP contribution in [0.5, 0.6) is 5.75 Å². The van der Waals surface area contributed by atoms with E-state index in [1.807, 2.05) is 0 Å². The second-order valence-corrected chi connectivity index (χ2v) is 6.59. The van der Waals surface area contributed by atoms with Gasteiger partial charge in [-0.25, -0.2) is 18.7 Å². The van der Waals surface area contributed by atoms with Gasteiger partial charge in [0.2, 0.25) is 0 Å². The Balaban J connectivity index is 1.76. The summed E-state index contributed by atoms with van der Waals surface area (Å²) in [7, 11) is 0. The third-order valence-electron chi connectivity index (χ3n) is 4.77. The van der Waals surface area contributed by atoms with Gasteiger partial charge in [0.05, 0.1) is 24.9 Å². The fraction of sp³-hybridized carbons (Fsp3) is 0.316. The molecule has 28 heavy (non-hydrogen) atoms. The molecule has 4 rings (SSSR count). The zero-order valence-electron chi connectivity index (χ0n) is 15.1. The second-order valence-electron chi connectivity index (χ2n) is 6.59. The molecular formula is C19H19FN4O4. The zero-order valence-corrected chi connectivity index (χ0v) is 15.1. The van der Waals surface area contributed by atoms with Crippen molar-refractivity contribution in [2.75, 3.05) is 18.1 Å². The Hall–Kier alpha value is -3.20. The topological polar surface area (TPSA) is 100 Å². The number of ether oxygens (including phenoxy) is 1. The summed E-state index contributed by atoms with van der Waals surface area (Å²) in [6.07, 6.45) is 2.68. The fourth-order valence-electron chi connectivity index (χ4n) is 3.53. The van der Waals surface area contributed by atoms with Crippen molar-refractivity contribution in [3.8, 4) is 5.75 Å². The first kappa shape index (κ1) is 18.2. The van der Waals surface area contributed by atoms with Gasteiger partial charge in [0.25, 0.3) is 0 Å². The molecule has 3 heterocycles. The molecule has 0 spiro atoms. The lowest BCUT2D eigenvalue weighted by Gasteiger charge is -2.26. The summed E-state index contributed by atoms with van der Waals surface area (Å²) in [4.78, 5) is 18.4. The van der Waals surface area contributed by atoms with Gasteiger partial charge in [-0.3, -0.25) is 0 Å². The molecule has 2 aromatic heterocycles. The number of aliphatic hydroxyl groups excluding tert-OH is 1. The van der Waals surface area contributed by atoms with Crippen LogP contribution < -0.4 is 4.90 Å². The maximum absolute atomic E-state index is 13.7. The number of benzene rings is 1. The normalized spacial score (nSPS) is 19.3. The maximum atomic E-state index is 13.7. The largest absolute Gasteiger partial charge is 0.508 e. The van der Waals surface area contributed by atoms with Gasteiger partial charge >= 0.3 is 5.97 Å². The average molecular weight is 386 g/mol. The molecule has 3 aromatic rings. The number of carbonyl (C=O) groups excluding carboxylic acids is 1. The highest BCUT2D eigenvalue weighted by molar-refractivity contribution is 5.95. The van der Waals surface area contributed by atoms with Crippen molar-refractivity contribution >= 4 is 17.4 Å². The minimum absolute atomic E-state index is 0.0526. The quantitative estimate of drug-likeness (QED) is 0.662. The van der Waals surface area contributed by atoms with E-state index in [-0.39, 0.29) is 24.5 Å². The molecule has 1 fully saturated rings. The lowest BCUT2D eigenvalue weighted by Crippen LogP contribution is -2.25. The number of esters is 1. The number of phenols is 1. The highest BCUT2D eigenvalue weighted by Gasteiger charge is 2.35. The summed E-state index contributed by atoms with van der Waals surface area (Å²) in [5.74, 6) is -0.576. The first-order valence-corrected chi connectivity index (χ1v) is 8.92. The number of hydrogen-bond donors (Lipinski definition) is 2. The summed E-state index contributed by atoms with van der Waals surface area (Å²) in [5, 5.41) is 24.5. The molecule has 146 valence electrons. The van der Waals surface area contributed by atoms with Crippen molar-refractivity contribution in [2.24, 2.45) is 0 Å². The van der Waals surface area contributed by atoms with Crippen LogP contribution in [-0.4, -0.2) is 50.0 Å². The van der Waals surface area contributed by atoms with Gasteiger partial charge in [-0.2, -0.15) is 5.10 Å². The molecule has 2 atom stereocenters.